The Kier molecular flexibility index (Phi) is 5.58. The Morgan fingerprint density at radius 2 is 2.40 bits per heavy atom. The number of aryl methyl sites for hydroxylation is 1. The van der Waals surface area contributed by atoms with Gasteiger partial charge in [0.25, 0.3) is 0 Å². The summed E-state index contributed by atoms with van der Waals surface area (Å²) in [6, 6.07) is 2.75. The maximum atomic E-state index is 3.75. The SMILES string of the molecule is C=CCCCC(NC)c1cc(C)c(Br)s1. The average Bonchev–Trinajstić information content (AvgIpc) is 2.54. The third-order valence-electron chi connectivity index (χ3n) is 2.47. The van der Waals surface area contributed by atoms with Crippen molar-refractivity contribution in [1.29, 1.82) is 0 Å². The van der Waals surface area contributed by atoms with Crippen LogP contribution in [0.2, 0.25) is 0 Å². The maximum absolute atomic E-state index is 3.75. The third-order valence-corrected chi connectivity index (χ3v) is 4.72. The van der Waals surface area contributed by atoms with Crippen molar-refractivity contribution >= 4 is 27.3 Å². The molecule has 1 atom stereocenters. The van der Waals surface area contributed by atoms with Crippen LogP contribution in [0.25, 0.3) is 0 Å². The lowest BCUT2D eigenvalue weighted by Crippen LogP contribution is -2.14. The predicted molar refractivity (Wildman–Crippen MR) is 72.6 cm³/mol. The Morgan fingerprint density at radius 3 is 2.87 bits per heavy atom. The summed E-state index contributed by atoms with van der Waals surface area (Å²) in [5.74, 6) is 0. The van der Waals surface area contributed by atoms with E-state index >= 15 is 0 Å². The minimum absolute atomic E-state index is 0.486. The molecule has 1 aromatic heterocycles. The van der Waals surface area contributed by atoms with Gasteiger partial charge in [0.2, 0.25) is 0 Å². The number of rotatable bonds is 6. The van der Waals surface area contributed by atoms with Crippen LogP contribution in [0.15, 0.2) is 22.5 Å². The number of halogens is 1. The van der Waals surface area contributed by atoms with Gasteiger partial charge in [0.15, 0.2) is 0 Å². The predicted octanol–water partition coefficient (Wildman–Crippen LogP) is 4.44. The molecule has 0 saturated carbocycles. The van der Waals surface area contributed by atoms with Gasteiger partial charge < -0.3 is 5.32 Å². The lowest BCUT2D eigenvalue weighted by molar-refractivity contribution is 0.538. The summed E-state index contributed by atoms with van der Waals surface area (Å²) < 4.78 is 1.25. The van der Waals surface area contributed by atoms with E-state index in [1.165, 1.54) is 27.1 Å². The second-order valence-electron chi connectivity index (χ2n) is 3.67. The highest BCUT2D eigenvalue weighted by Crippen LogP contribution is 2.33. The molecule has 0 aliphatic rings. The van der Waals surface area contributed by atoms with Crippen molar-refractivity contribution in [2.75, 3.05) is 7.05 Å². The zero-order chi connectivity index (χ0) is 11.3. The molecular formula is C12H18BrNS. The fourth-order valence-corrected chi connectivity index (χ4v) is 3.27. The molecule has 0 amide bonds. The van der Waals surface area contributed by atoms with Crippen molar-refractivity contribution in [2.24, 2.45) is 0 Å². The van der Waals surface area contributed by atoms with Crippen LogP contribution in [-0.2, 0) is 0 Å². The molecule has 1 rings (SSSR count). The lowest BCUT2D eigenvalue weighted by Gasteiger charge is -2.13. The monoisotopic (exact) mass is 287 g/mol. The Labute approximate surface area is 105 Å². The fourth-order valence-electron chi connectivity index (χ4n) is 1.55. The molecule has 0 fully saturated rings. The molecule has 1 aromatic rings. The number of hydrogen-bond donors (Lipinski definition) is 1. The van der Waals surface area contributed by atoms with Gasteiger partial charge in [-0.15, -0.1) is 17.9 Å². The molecule has 1 N–H and O–H groups in total. The number of nitrogens with one attached hydrogen (secondary N) is 1. The smallest absolute Gasteiger partial charge is 0.0731 e. The van der Waals surface area contributed by atoms with Crippen LogP contribution in [0.4, 0.5) is 0 Å². The van der Waals surface area contributed by atoms with Crippen LogP contribution in [0, 0.1) is 6.92 Å². The third kappa shape index (κ3) is 3.74. The highest BCUT2D eigenvalue weighted by atomic mass is 79.9. The van der Waals surface area contributed by atoms with Crippen molar-refractivity contribution in [1.82, 2.24) is 5.32 Å². The second kappa shape index (κ2) is 6.46. The molecule has 1 heterocycles. The van der Waals surface area contributed by atoms with Crippen LogP contribution < -0.4 is 5.32 Å². The number of thiophene rings is 1. The average molecular weight is 288 g/mol. The number of unbranched alkanes of at least 4 members (excludes halogenated alkanes) is 1. The van der Waals surface area contributed by atoms with Crippen molar-refractivity contribution in [3.63, 3.8) is 0 Å². The minimum atomic E-state index is 0.486. The van der Waals surface area contributed by atoms with Gasteiger partial charge in [-0.25, -0.2) is 0 Å². The van der Waals surface area contributed by atoms with E-state index in [0.717, 1.165) is 6.42 Å². The summed E-state index contributed by atoms with van der Waals surface area (Å²) in [7, 11) is 2.03. The lowest BCUT2D eigenvalue weighted by atomic mass is 10.1. The molecule has 1 nitrogen and oxygen atoms in total. The quantitative estimate of drug-likeness (QED) is 0.603. The zero-order valence-electron chi connectivity index (χ0n) is 9.35. The molecule has 0 aliphatic heterocycles. The van der Waals surface area contributed by atoms with E-state index in [4.69, 9.17) is 0 Å². The van der Waals surface area contributed by atoms with Crippen LogP contribution >= 0.6 is 27.3 Å². The summed E-state index contributed by atoms with van der Waals surface area (Å²) in [6.45, 7) is 5.89. The first kappa shape index (κ1) is 12.9. The minimum Gasteiger partial charge on any atom is -0.312 e. The normalized spacial score (nSPS) is 12.7. The highest BCUT2D eigenvalue weighted by molar-refractivity contribution is 9.11. The van der Waals surface area contributed by atoms with E-state index < -0.39 is 0 Å². The van der Waals surface area contributed by atoms with Crippen LogP contribution in [-0.4, -0.2) is 7.05 Å². The molecule has 0 saturated heterocycles. The van der Waals surface area contributed by atoms with Gasteiger partial charge in [-0.05, 0) is 60.8 Å². The molecule has 0 spiro atoms. The van der Waals surface area contributed by atoms with Gasteiger partial charge in [-0.3, -0.25) is 0 Å². The summed E-state index contributed by atoms with van der Waals surface area (Å²) >= 11 is 5.40. The van der Waals surface area contributed by atoms with E-state index in [9.17, 15) is 0 Å². The first-order chi connectivity index (χ1) is 7.19. The Morgan fingerprint density at radius 1 is 1.67 bits per heavy atom. The molecule has 3 heteroatoms. The van der Waals surface area contributed by atoms with Gasteiger partial charge in [-0.2, -0.15) is 0 Å². The van der Waals surface area contributed by atoms with E-state index in [2.05, 4.69) is 40.8 Å². The van der Waals surface area contributed by atoms with Crippen molar-refractivity contribution < 1.29 is 0 Å². The molecule has 0 radical (unpaired) electrons. The van der Waals surface area contributed by atoms with Crippen molar-refractivity contribution in [2.45, 2.75) is 32.2 Å². The fraction of sp³-hybridized carbons (Fsp3) is 0.500. The topological polar surface area (TPSA) is 12.0 Å². The Balaban J connectivity index is 2.61. The standard InChI is InChI=1S/C12H18BrNS/c1-4-5-6-7-10(14-3)11-8-9(2)12(13)15-11/h4,8,10,14H,1,5-7H2,2-3H3. The van der Waals surface area contributed by atoms with Crippen LogP contribution in [0.3, 0.4) is 0 Å². The van der Waals surface area contributed by atoms with Gasteiger partial charge in [-0.1, -0.05) is 6.08 Å². The zero-order valence-corrected chi connectivity index (χ0v) is 11.7. The number of allylic oxidation sites excluding steroid dienone is 1. The molecular weight excluding hydrogens is 270 g/mol. The molecule has 0 aromatic carbocycles. The summed E-state index contributed by atoms with van der Waals surface area (Å²) in [4.78, 5) is 1.42. The van der Waals surface area contributed by atoms with Gasteiger partial charge >= 0.3 is 0 Å². The number of hydrogen-bond acceptors (Lipinski definition) is 2. The Hall–Kier alpha value is -0.120. The molecule has 0 aliphatic carbocycles. The molecule has 15 heavy (non-hydrogen) atoms. The molecule has 0 bridgehead atoms. The van der Waals surface area contributed by atoms with Crippen LogP contribution in [0.1, 0.15) is 35.7 Å². The van der Waals surface area contributed by atoms with E-state index in [0.29, 0.717) is 6.04 Å². The van der Waals surface area contributed by atoms with Gasteiger partial charge in [0.05, 0.1) is 3.79 Å². The first-order valence-electron chi connectivity index (χ1n) is 5.23. The van der Waals surface area contributed by atoms with Crippen molar-refractivity contribution in [3.8, 4) is 0 Å². The van der Waals surface area contributed by atoms with E-state index in [1.807, 2.05) is 24.5 Å². The summed E-state index contributed by atoms with van der Waals surface area (Å²) in [5.41, 5.74) is 1.33. The Bertz CT molecular complexity index is 300. The first-order valence-corrected chi connectivity index (χ1v) is 6.84. The second-order valence-corrected chi connectivity index (χ2v) is 6.07. The van der Waals surface area contributed by atoms with Gasteiger partial charge in [0, 0.05) is 10.9 Å². The van der Waals surface area contributed by atoms with E-state index in [-0.39, 0.29) is 0 Å². The molecule has 84 valence electrons. The van der Waals surface area contributed by atoms with Crippen molar-refractivity contribution in [3.05, 3.63) is 32.9 Å². The maximum Gasteiger partial charge on any atom is 0.0731 e. The van der Waals surface area contributed by atoms with Gasteiger partial charge in [0.1, 0.15) is 0 Å². The van der Waals surface area contributed by atoms with Crippen LogP contribution in [0.5, 0.6) is 0 Å². The van der Waals surface area contributed by atoms with E-state index in [1.54, 1.807) is 0 Å². The summed E-state index contributed by atoms with van der Waals surface area (Å²) in [5, 5.41) is 3.37. The molecule has 1 unspecified atom stereocenters. The highest BCUT2D eigenvalue weighted by Gasteiger charge is 2.12. The summed E-state index contributed by atoms with van der Waals surface area (Å²) in [6.07, 6.45) is 5.46. The largest absolute Gasteiger partial charge is 0.312 e.